The number of amides is 2. The van der Waals surface area contributed by atoms with Crippen LogP contribution in [0.4, 0.5) is 4.79 Å². The van der Waals surface area contributed by atoms with Crippen molar-refractivity contribution >= 4 is 6.03 Å². The molecule has 4 N–H and O–H groups in total. The van der Waals surface area contributed by atoms with Crippen molar-refractivity contribution in [2.45, 2.75) is 13.2 Å². The van der Waals surface area contributed by atoms with Gasteiger partial charge < -0.3 is 16.2 Å². The molecule has 1 heterocycles. The molecule has 0 radical (unpaired) electrons. The number of carbonyl (C=O) groups is 1. The SMILES string of the molecule is NC(=O)NCc1cccc(CO)n1. The minimum atomic E-state index is -0.587. The summed E-state index contributed by atoms with van der Waals surface area (Å²) >= 11 is 0. The van der Waals surface area contributed by atoms with Gasteiger partial charge in [0.05, 0.1) is 24.5 Å². The molecule has 0 atom stereocenters. The maximum Gasteiger partial charge on any atom is 0.312 e. The van der Waals surface area contributed by atoms with E-state index in [4.69, 9.17) is 10.8 Å². The first-order valence-corrected chi connectivity index (χ1v) is 3.81. The first-order chi connectivity index (χ1) is 6.22. The number of primary amides is 1. The maximum absolute atomic E-state index is 10.4. The molecule has 13 heavy (non-hydrogen) atoms. The van der Waals surface area contributed by atoms with Crippen LogP contribution in [0.1, 0.15) is 11.4 Å². The summed E-state index contributed by atoms with van der Waals surface area (Å²) in [6.45, 7) is 0.174. The average Bonchev–Trinajstić information content (AvgIpc) is 2.15. The number of carbonyl (C=O) groups excluding carboxylic acids is 1. The van der Waals surface area contributed by atoms with Crippen molar-refractivity contribution in [2.24, 2.45) is 5.73 Å². The number of aromatic nitrogens is 1. The van der Waals surface area contributed by atoms with E-state index >= 15 is 0 Å². The minimum Gasteiger partial charge on any atom is -0.390 e. The molecule has 1 aromatic rings. The lowest BCUT2D eigenvalue weighted by atomic mass is 10.3. The van der Waals surface area contributed by atoms with E-state index < -0.39 is 6.03 Å². The topological polar surface area (TPSA) is 88.2 Å². The van der Waals surface area contributed by atoms with Crippen molar-refractivity contribution in [3.63, 3.8) is 0 Å². The van der Waals surface area contributed by atoms with Gasteiger partial charge in [0.2, 0.25) is 0 Å². The predicted octanol–water partition coefficient (Wildman–Crippen LogP) is -0.258. The van der Waals surface area contributed by atoms with E-state index in [1.54, 1.807) is 18.2 Å². The Bertz CT molecular complexity index is 301. The number of nitrogens with one attached hydrogen (secondary N) is 1. The molecule has 0 aliphatic rings. The highest BCUT2D eigenvalue weighted by Crippen LogP contribution is 1.98. The van der Waals surface area contributed by atoms with Gasteiger partial charge in [-0.25, -0.2) is 4.79 Å². The first-order valence-electron chi connectivity index (χ1n) is 3.81. The third kappa shape index (κ3) is 3.08. The van der Waals surface area contributed by atoms with Crippen LogP contribution >= 0.6 is 0 Å². The fourth-order valence-electron chi connectivity index (χ4n) is 0.893. The normalized spacial score (nSPS) is 9.62. The standard InChI is InChI=1S/C8H11N3O2/c9-8(13)10-4-6-2-1-3-7(5-12)11-6/h1-3,12H,4-5H2,(H3,9,10,13). The molecular weight excluding hydrogens is 170 g/mol. The molecule has 5 heteroatoms. The number of pyridine rings is 1. The van der Waals surface area contributed by atoms with Gasteiger partial charge >= 0.3 is 6.03 Å². The third-order valence-corrected chi connectivity index (χ3v) is 1.47. The molecule has 0 saturated carbocycles. The van der Waals surface area contributed by atoms with Crippen LogP contribution in [0, 0.1) is 0 Å². The Balaban J connectivity index is 2.61. The Morgan fingerprint density at radius 2 is 2.23 bits per heavy atom. The van der Waals surface area contributed by atoms with Crippen LogP contribution in [0.3, 0.4) is 0 Å². The minimum absolute atomic E-state index is 0.107. The predicted molar refractivity (Wildman–Crippen MR) is 46.6 cm³/mol. The lowest BCUT2D eigenvalue weighted by Crippen LogP contribution is -2.29. The number of nitrogens with zero attached hydrogens (tertiary/aromatic N) is 1. The van der Waals surface area contributed by atoms with E-state index in [1.807, 2.05) is 0 Å². The summed E-state index contributed by atoms with van der Waals surface area (Å²) in [5.41, 5.74) is 6.13. The monoisotopic (exact) mass is 181 g/mol. The highest BCUT2D eigenvalue weighted by atomic mass is 16.3. The highest BCUT2D eigenvalue weighted by molar-refractivity contribution is 5.71. The second-order valence-corrected chi connectivity index (χ2v) is 2.50. The van der Waals surface area contributed by atoms with Gasteiger partial charge in [-0.15, -0.1) is 0 Å². The zero-order chi connectivity index (χ0) is 9.68. The molecule has 0 spiro atoms. The van der Waals surface area contributed by atoms with Crippen LogP contribution in [-0.4, -0.2) is 16.1 Å². The fourth-order valence-corrected chi connectivity index (χ4v) is 0.893. The molecule has 2 amide bonds. The molecule has 0 unspecified atom stereocenters. The van der Waals surface area contributed by atoms with E-state index in [9.17, 15) is 4.79 Å². The van der Waals surface area contributed by atoms with E-state index in [-0.39, 0.29) is 13.2 Å². The lowest BCUT2D eigenvalue weighted by molar-refractivity contribution is 0.248. The Morgan fingerprint density at radius 1 is 1.54 bits per heavy atom. The van der Waals surface area contributed by atoms with Crippen molar-refractivity contribution < 1.29 is 9.90 Å². The largest absolute Gasteiger partial charge is 0.390 e. The molecule has 0 bridgehead atoms. The van der Waals surface area contributed by atoms with E-state index in [0.29, 0.717) is 11.4 Å². The summed E-state index contributed by atoms with van der Waals surface area (Å²) in [7, 11) is 0. The second kappa shape index (κ2) is 4.42. The Morgan fingerprint density at radius 3 is 2.85 bits per heavy atom. The molecule has 1 aromatic heterocycles. The lowest BCUT2D eigenvalue weighted by Gasteiger charge is -2.02. The van der Waals surface area contributed by atoms with Crippen molar-refractivity contribution in [3.8, 4) is 0 Å². The van der Waals surface area contributed by atoms with Crippen LogP contribution in [0.15, 0.2) is 18.2 Å². The summed E-state index contributed by atoms with van der Waals surface area (Å²) in [6.07, 6.45) is 0. The Labute approximate surface area is 75.6 Å². The number of rotatable bonds is 3. The van der Waals surface area contributed by atoms with Crippen molar-refractivity contribution in [1.82, 2.24) is 10.3 Å². The number of hydrogen-bond acceptors (Lipinski definition) is 3. The fraction of sp³-hybridized carbons (Fsp3) is 0.250. The van der Waals surface area contributed by atoms with Gasteiger partial charge in [-0.05, 0) is 12.1 Å². The number of aliphatic hydroxyl groups is 1. The van der Waals surface area contributed by atoms with Crippen LogP contribution in [0.25, 0.3) is 0 Å². The number of nitrogens with two attached hydrogens (primary N) is 1. The summed E-state index contributed by atoms with van der Waals surface area (Å²) < 4.78 is 0. The van der Waals surface area contributed by atoms with Crippen LogP contribution < -0.4 is 11.1 Å². The number of urea groups is 1. The van der Waals surface area contributed by atoms with Crippen molar-refractivity contribution in [2.75, 3.05) is 0 Å². The van der Waals surface area contributed by atoms with Gasteiger partial charge in [0.25, 0.3) is 0 Å². The van der Waals surface area contributed by atoms with Gasteiger partial charge in [0, 0.05) is 0 Å². The molecule has 70 valence electrons. The summed E-state index contributed by atoms with van der Waals surface area (Å²) in [4.78, 5) is 14.4. The van der Waals surface area contributed by atoms with Gasteiger partial charge in [-0.2, -0.15) is 0 Å². The molecule has 0 saturated heterocycles. The Hall–Kier alpha value is -1.62. The molecule has 5 nitrogen and oxygen atoms in total. The van der Waals surface area contributed by atoms with E-state index in [0.717, 1.165) is 0 Å². The maximum atomic E-state index is 10.4. The summed E-state index contributed by atoms with van der Waals surface area (Å²) in [5.74, 6) is 0. The van der Waals surface area contributed by atoms with Gasteiger partial charge in [0.15, 0.2) is 0 Å². The molecule has 0 aliphatic carbocycles. The van der Waals surface area contributed by atoms with E-state index in [2.05, 4.69) is 10.3 Å². The highest BCUT2D eigenvalue weighted by Gasteiger charge is 1.97. The first kappa shape index (κ1) is 9.47. The number of hydrogen-bond donors (Lipinski definition) is 3. The molecule has 1 rings (SSSR count). The van der Waals surface area contributed by atoms with Crippen LogP contribution in [0.2, 0.25) is 0 Å². The second-order valence-electron chi connectivity index (χ2n) is 2.50. The smallest absolute Gasteiger partial charge is 0.312 e. The Kier molecular flexibility index (Phi) is 3.22. The summed E-state index contributed by atoms with van der Waals surface area (Å²) in [6, 6.07) is 4.62. The molecule has 0 aliphatic heterocycles. The molecular formula is C8H11N3O2. The molecule has 0 fully saturated rings. The van der Waals surface area contributed by atoms with Crippen LogP contribution in [0.5, 0.6) is 0 Å². The van der Waals surface area contributed by atoms with Gasteiger partial charge in [-0.3, -0.25) is 4.98 Å². The quantitative estimate of drug-likeness (QED) is 0.600. The number of aliphatic hydroxyl groups excluding tert-OH is 1. The third-order valence-electron chi connectivity index (χ3n) is 1.47. The zero-order valence-electron chi connectivity index (χ0n) is 7.03. The van der Waals surface area contributed by atoms with Crippen LogP contribution in [-0.2, 0) is 13.2 Å². The zero-order valence-corrected chi connectivity index (χ0v) is 7.03. The van der Waals surface area contributed by atoms with Crippen molar-refractivity contribution in [1.29, 1.82) is 0 Å². The summed E-state index contributed by atoms with van der Waals surface area (Å²) in [5, 5.41) is 11.2. The molecule has 0 aromatic carbocycles. The van der Waals surface area contributed by atoms with Gasteiger partial charge in [0.1, 0.15) is 0 Å². The average molecular weight is 181 g/mol. The van der Waals surface area contributed by atoms with Gasteiger partial charge in [-0.1, -0.05) is 6.07 Å². The van der Waals surface area contributed by atoms with Crippen molar-refractivity contribution in [3.05, 3.63) is 29.6 Å². The van der Waals surface area contributed by atoms with E-state index in [1.165, 1.54) is 0 Å².